The van der Waals surface area contributed by atoms with Crippen LogP contribution in [0.15, 0.2) is 35.4 Å². The number of ether oxygens (including phenoxy) is 5. The van der Waals surface area contributed by atoms with Gasteiger partial charge in [0.1, 0.15) is 61.2 Å². The van der Waals surface area contributed by atoms with Crippen LogP contribution in [0, 0.1) is 5.92 Å². The molecule has 1 aliphatic heterocycles. The first kappa shape index (κ1) is 46.0. The molecule has 1 saturated carbocycles. The Kier molecular flexibility index (Phi) is 16.4. The van der Waals surface area contributed by atoms with Crippen molar-refractivity contribution < 1.29 is 68.5 Å². The molecule has 318 valence electrons. The number of phenols is 1. The molecule has 0 aromatic heterocycles. The number of carbonyl (C=O) groups is 1. The molecule has 0 radical (unpaired) electrons. The molecule has 1 aliphatic carbocycles. The van der Waals surface area contributed by atoms with Gasteiger partial charge in [-0.05, 0) is 24.1 Å². The number of aromatic hydroxyl groups is 1. The van der Waals surface area contributed by atoms with Gasteiger partial charge in [-0.2, -0.15) is 16.8 Å². The largest absolute Gasteiger partial charge is 0.508 e. The fourth-order valence-electron chi connectivity index (χ4n) is 7.17. The van der Waals surface area contributed by atoms with Crippen LogP contribution in [0.4, 0.5) is 5.69 Å². The molecule has 1 fully saturated rings. The molecule has 57 heavy (non-hydrogen) atoms. The van der Waals surface area contributed by atoms with Gasteiger partial charge < -0.3 is 37.8 Å². The summed E-state index contributed by atoms with van der Waals surface area (Å²) in [7, 11) is -0.272. The normalized spacial score (nSPS) is 18.6. The number of hydrogen-bond acceptors (Lipinski definition) is 12. The number of hydrogen-bond donors (Lipinski definition) is 3. The first-order valence-electron chi connectivity index (χ1n) is 19.0. The van der Waals surface area contributed by atoms with Gasteiger partial charge in [0.25, 0.3) is 20.2 Å². The van der Waals surface area contributed by atoms with Crippen LogP contribution in [0.25, 0.3) is 10.4 Å². The van der Waals surface area contributed by atoms with E-state index in [0.29, 0.717) is 91.1 Å². The number of Topliss-reactive ketones (excluding diaryl/α,β-unsaturated/α-hetero) is 1. The Bertz CT molecular complexity index is 1950. The highest BCUT2D eigenvalue weighted by atomic mass is 32.2. The zero-order valence-electron chi connectivity index (χ0n) is 33.1. The second-order valence-corrected chi connectivity index (χ2v) is 19.0. The number of phenolic OH excluding ortho intramolecular Hbond substituents is 1. The van der Waals surface area contributed by atoms with Crippen LogP contribution in [0.5, 0.6) is 23.0 Å². The van der Waals surface area contributed by atoms with Crippen molar-refractivity contribution in [3.05, 3.63) is 51.9 Å². The molecule has 20 heteroatoms. The molecule has 18 nitrogen and oxygen atoms in total. The Hall–Kier alpha value is -3.72. The highest BCUT2D eigenvalue weighted by molar-refractivity contribution is 7.86. The lowest BCUT2D eigenvalue weighted by molar-refractivity contribution is -0.890. The lowest BCUT2D eigenvalue weighted by Gasteiger charge is -2.42. The number of benzene rings is 2. The summed E-state index contributed by atoms with van der Waals surface area (Å²) in [6.07, 6.45) is 1.33. The molecule has 3 atom stereocenters. The first-order valence-corrected chi connectivity index (χ1v) is 22.2. The Morgan fingerprint density at radius 1 is 0.807 bits per heavy atom. The Morgan fingerprint density at radius 3 is 1.95 bits per heavy atom. The average Bonchev–Trinajstić information content (AvgIpc) is 3.09. The predicted molar refractivity (Wildman–Crippen MR) is 210 cm³/mol. The van der Waals surface area contributed by atoms with Crippen molar-refractivity contribution in [1.29, 1.82) is 0 Å². The fourth-order valence-corrected chi connectivity index (χ4v) is 8.16. The predicted octanol–water partition coefficient (Wildman–Crippen LogP) is 4.10. The van der Waals surface area contributed by atoms with E-state index in [2.05, 4.69) is 10.0 Å². The topological polar surface area (TPSA) is 241 Å². The maximum Gasteiger partial charge on any atom is 0.265 e. The van der Waals surface area contributed by atoms with Gasteiger partial charge in [-0.3, -0.25) is 13.9 Å². The van der Waals surface area contributed by atoms with Crippen LogP contribution < -0.4 is 14.2 Å². The van der Waals surface area contributed by atoms with Gasteiger partial charge in [0.05, 0.1) is 84.9 Å². The maximum atomic E-state index is 12.5. The molecule has 2 aromatic rings. The van der Waals surface area contributed by atoms with Gasteiger partial charge in [0, 0.05) is 65.7 Å². The molecule has 0 bridgehead atoms. The summed E-state index contributed by atoms with van der Waals surface area (Å²) in [5.74, 6) is 0.166. The van der Waals surface area contributed by atoms with Crippen LogP contribution in [0.2, 0.25) is 0 Å². The van der Waals surface area contributed by atoms with Crippen LogP contribution in [0.1, 0.15) is 49.1 Å². The SMILES string of the molecule is C[N+](C)(CCCS(=O)(=O)O)CCOCCOc1cc(OCCOCC[N+](C)(C)CCCS(=O)(=O)O)c(C2c3ccc(O)cc3OC3CC(=O)CCC32)cc1N=[N+]=[N-]. The number of ketones is 1. The molecular formula is C37H57N5O13S2+2. The second kappa shape index (κ2) is 20.3. The van der Waals surface area contributed by atoms with Crippen LogP contribution in [-0.2, 0) is 34.5 Å². The number of fused-ring (bicyclic) bond motifs is 2. The van der Waals surface area contributed by atoms with E-state index in [9.17, 15) is 32.3 Å². The van der Waals surface area contributed by atoms with Gasteiger partial charge in [-0.25, -0.2) is 0 Å². The van der Waals surface area contributed by atoms with Crippen LogP contribution in [-0.4, -0.2) is 157 Å². The van der Waals surface area contributed by atoms with Crippen molar-refractivity contribution in [1.82, 2.24) is 0 Å². The minimum absolute atomic E-state index is 0.0160. The van der Waals surface area contributed by atoms with E-state index < -0.39 is 26.3 Å². The smallest absolute Gasteiger partial charge is 0.265 e. The van der Waals surface area contributed by atoms with E-state index in [4.69, 9.17) is 32.8 Å². The third-order valence-corrected chi connectivity index (χ3v) is 11.9. The number of quaternary nitrogens is 2. The number of likely N-dealkylation sites (N-methyl/N-ethyl adjacent to an activating group) is 2. The monoisotopic (exact) mass is 843 g/mol. The van der Waals surface area contributed by atoms with Gasteiger partial charge in [0.15, 0.2) is 0 Å². The van der Waals surface area contributed by atoms with E-state index in [1.807, 2.05) is 28.2 Å². The molecule has 0 amide bonds. The van der Waals surface area contributed by atoms with Crippen molar-refractivity contribution in [2.24, 2.45) is 11.0 Å². The minimum Gasteiger partial charge on any atom is -0.508 e. The summed E-state index contributed by atoms with van der Waals surface area (Å²) in [4.78, 5) is 15.6. The molecule has 1 heterocycles. The third-order valence-electron chi connectivity index (χ3n) is 10.3. The summed E-state index contributed by atoms with van der Waals surface area (Å²) in [5, 5.41) is 14.3. The average molecular weight is 844 g/mol. The highest BCUT2D eigenvalue weighted by Gasteiger charge is 2.44. The van der Waals surface area contributed by atoms with Crippen molar-refractivity contribution in [3.63, 3.8) is 0 Å². The number of rotatable bonds is 24. The Labute approximate surface area is 334 Å². The van der Waals surface area contributed by atoms with Crippen molar-refractivity contribution >= 4 is 31.7 Å². The molecule has 2 aromatic carbocycles. The lowest BCUT2D eigenvalue weighted by atomic mass is 9.69. The van der Waals surface area contributed by atoms with Crippen molar-refractivity contribution in [3.8, 4) is 23.0 Å². The molecular weight excluding hydrogens is 787 g/mol. The summed E-state index contributed by atoms with van der Waals surface area (Å²) in [6, 6.07) is 8.29. The van der Waals surface area contributed by atoms with Crippen molar-refractivity contribution in [2.45, 2.75) is 44.1 Å². The van der Waals surface area contributed by atoms with Gasteiger partial charge >= 0.3 is 0 Å². The summed E-state index contributed by atoms with van der Waals surface area (Å²) in [5.41, 5.74) is 11.3. The first-order chi connectivity index (χ1) is 26.8. The minimum atomic E-state index is -4.02. The molecule has 0 spiro atoms. The molecule has 3 N–H and O–H groups in total. The fraction of sp³-hybridized carbons (Fsp3) is 0.649. The summed E-state index contributed by atoms with van der Waals surface area (Å²) < 4.78 is 93.9. The number of azide groups is 1. The van der Waals surface area contributed by atoms with E-state index in [1.54, 1.807) is 24.3 Å². The zero-order chi connectivity index (χ0) is 41.9. The number of carbonyl (C=O) groups excluding carboxylic acids is 1. The van der Waals surface area contributed by atoms with Crippen LogP contribution in [0.3, 0.4) is 0 Å². The van der Waals surface area contributed by atoms with Gasteiger partial charge in [-0.15, -0.1) is 0 Å². The molecule has 4 rings (SSSR count). The second-order valence-electron chi connectivity index (χ2n) is 15.8. The third kappa shape index (κ3) is 15.2. The number of nitrogens with zero attached hydrogens (tertiary/aromatic N) is 5. The van der Waals surface area contributed by atoms with Crippen LogP contribution >= 0.6 is 0 Å². The zero-order valence-corrected chi connectivity index (χ0v) is 34.7. The Morgan fingerprint density at radius 2 is 1.39 bits per heavy atom. The molecule has 2 aliphatic rings. The molecule has 0 saturated heterocycles. The van der Waals surface area contributed by atoms with E-state index >= 15 is 0 Å². The summed E-state index contributed by atoms with van der Waals surface area (Å²) >= 11 is 0. The van der Waals surface area contributed by atoms with E-state index in [0.717, 1.165) is 5.56 Å². The van der Waals surface area contributed by atoms with Gasteiger partial charge in [-0.1, -0.05) is 11.2 Å². The standard InChI is InChI=1S/C37H55N5O13S2/c1-41(2,11-5-21-56(45,46)47)13-15-51-17-19-53-33-26-36(54-20-18-52-16-14-42(3,4)12-6-22-57(48,49)50)32(39-40-38)25-31(33)37-29-9-7-27(43)23-34(29)55-35-24-28(44)8-10-30(35)37/h7,9,23,25-26,30,35,37H,5-6,8,10-22,24H2,1-4H3,(H-2,43,45,46,47,48,49,50)/p+2. The van der Waals surface area contributed by atoms with E-state index in [1.165, 1.54) is 6.07 Å². The highest BCUT2D eigenvalue weighted by Crippen LogP contribution is 2.52. The summed E-state index contributed by atoms with van der Waals surface area (Å²) in [6.45, 7) is 3.65. The Balaban J connectivity index is 1.50. The maximum absolute atomic E-state index is 12.5. The quantitative estimate of drug-likeness (QED) is 0.0337. The van der Waals surface area contributed by atoms with Crippen molar-refractivity contribution in [2.75, 3.05) is 106 Å². The van der Waals surface area contributed by atoms with E-state index in [-0.39, 0.29) is 79.2 Å². The lowest BCUT2D eigenvalue weighted by Crippen LogP contribution is -2.43. The van der Waals surface area contributed by atoms with Gasteiger partial charge in [0.2, 0.25) is 0 Å². The molecule has 3 unspecified atom stereocenters.